The third-order valence-electron chi connectivity index (χ3n) is 3.21. The SMILES string of the molecule is C=CC[C@H]1C[C@H](C)C[C@H](CO)N1C(=O)C=C. The van der Waals surface area contributed by atoms with Crippen molar-refractivity contribution in [3.05, 3.63) is 25.3 Å². The summed E-state index contributed by atoms with van der Waals surface area (Å²) in [6, 6.07) is 0.0862. The average molecular weight is 223 g/mol. The second kappa shape index (κ2) is 5.85. The van der Waals surface area contributed by atoms with Crippen molar-refractivity contribution in [1.29, 1.82) is 0 Å². The highest BCUT2D eigenvalue weighted by molar-refractivity contribution is 5.87. The predicted octanol–water partition coefficient (Wildman–Crippen LogP) is 1.74. The van der Waals surface area contributed by atoms with Gasteiger partial charge in [-0.3, -0.25) is 4.79 Å². The molecule has 1 saturated heterocycles. The Kier molecular flexibility index (Phi) is 4.74. The van der Waals surface area contributed by atoms with Crippen molar-refractivity contribution in [2.75, 3.05) is 6.61 Å². The highest BCUT2D eigenvalue weighted by Crippen LogP contribution is 2.29. The molecule has 0 aliphatic carbocycles. The van der Waals surface area contributed by atoms with Gasteiger partial charge in [0.2, 0.25) is 5.91 Å². The van der Waals surface area contributed by atoms with Crippen LogP contribution in [0.2, 0.25) is 0 Å². The first-order valence-corrected chi connectivity index (χ1v) is 5.80. The van der Waals surface area contributed by atoms with Crippen LogP contribution in [-0.2, 0) is 4.79 Å². The summed E-state index contributed by atoms with van der Waals surface area (Å²) in [5.41, 5.74) is 0. The maximum Gasteiger partial charge on any atom is 0.246 e. The number of piperidine rings is 1. The molecule has 90 valence electrons. The molecule has 0 aromatic carbocycles. The Morgan fingerprint density at radius 1 is 1.44 bits per heavy atom. The van der Waals surface area contributed by atoms with E-state index in [0.717, 1.165) is 19.3 Å². The molecule has 1 N–H and O–H groups in total. The van der Waals surface area contributed by atoms with E-state index >= 15 is 0 Å². The van der Waals surface area contributed by atoms with Crippen molar-refractivity contribution in [3.8, 4) is 0 Å². The van der Waals surface area contributed by atoms with Gasteiger partial charge in [-0.2, -0.15) is 0 Å². The van der Waals surface area contributed by atoms with Crippen LogP contribution in [0.15, 0.2) is 25.3 Å². The fraction of sp³-hybridized carbons (Fsp3) is 0.615. The van der Waals surface area contributed by atoms with Gasteiger partial charge in [-0.25, -0.2) is 0 Å². The van der Waals surface area contributed by atoms with Crippen molar-refractivity contribution in [1.82, 2.24) is 4.90 Å². The van der Waals surface area contributed by atoms with Gasteiger partial charge in [0.1, 0.15) is 0 Å². The zero-order valence-electron chi connectivity index (χ0n) is 9.93. The maximum absolute atomic E-state index is 11.8. The van der Waals surface area contributed by atoms with Gasteiger partial charge in [0.05, 0.1) is 12.6 Å². The standard InChI is InChI=1S/C13H21NO2/c1-4-6-11-7-10(3)8-12(9-15)14(11)13(16)5-2/h4-5,10-12,15H,1-2,6-9H2,3H3/t10-,11-,12+/m0/s1. The number of aliphatic hydroxyl groups is 1. The summed E-state index contributed by atoms with van der Waals surface area (Å²) in [5.74, 6) is 0.453. The Balaban J connectivity index is 2.87. The lowest BCUT2D eigenvalue weighted by molar-refractivity contribution is -0.135. The Bertz CT molecular complexity index is 275. The third kappa shape index (κ3) is 2.73. The second-order valence-electron chi connectivity index (χ2n) is 4.54. The Hall–Kier alpha value is -1.09. The first kappa shape index (κ1) is 13.0. The Labute approximate surface area is 97.4 Å². The first-order chi connectivity index (χ1) is 7.63. The van der Waals surface area contributed by atoms with Gasteiger partial charge in [0.15, 0.2) is 0 Å². The number of amides is 1. The van der Waals surface area contributed by atoms with Crippen molar-refractivity contribution in [3.63, 3.8) is 0 Å². The minimum Gasteiger partial charge on any atom is -0.394 e. The maximum atomic E-state index is 11.8. The van der Waals surface area contributed by atoms with E-state index in [1.54, 1.807) is 4.90 Å². The first-order valence-electron chi connectivity index (χ1n) is 5.80. The van der Waals surface area contributed by atoms with Gasteiger partial charge in [-0.15, -0.1) is 6.58 Å². The lowest BCUT2D eigenvalue weighted by Gasteiger charge is -2.43. The monoisotopic (exact) mass is 223 g/mol. The van der Waals surface area contributed by atoms with Crippen LogP contribution in [0.4, 0.5) is 0 Å². The van der Waals surface area contributed by atoms with Gasteiger partial charge in [0, 0.05) is 6.04 Å². The summed E-state index contributed by atoms with van der Waals surface area (Å²) in [7, 11) is 0. The van der Waals surface area contributed by atoms with E-state index in [4.69, 9.17) is 0 Å². The molecule has 1 amide bonds. The van der Waals surface area contributed by atoms with Crippen LogP contribution >= 0.6 is 0 Å². The Morgan fingerprint density at radius 3 is 2.56 bits per heavy atom. The van der Waals surface area contributed by atoms with Crippen LogP contribution in [0.3, 0.4) is 0 Å². The molecule has 3 nitrogen and oxygen atoms in total. The van der Waals surface area contributed by atoms with Crippen molar-refractivity contribution >= 4 is 5.91 Å². The zero-order chi connectivity index (χ0) is 12.1. The predicted molar refractivity (Wildman–Crippen MR) is 64.9 cm³/mol. The third-order valence-corrected chi connectivity index (χ3v) is 3.21. The molecule has 0 radical (unpaired) electrons. The van der Waals surface area contributed by atoms with Gasteiger partial charge in [-0.05, 0) is 31.3 Å². The Morgan fingerprint density at radius 2 is 2.06 bits per heavy atom. The van der Waals surface area contributed by atoms with Crippen molar-refractivity contribution in [2.24, 2.45) is 5.92 Å². The van der Waals surface area contributed by atoms with Crippen LogP contribution in [0.1, 0.15) is 26.2 Å². The van der Waals surface area contributed by atoms with E-state index in [2.05, 4.69) is 20.1 Å². The number of carbonyl (C=O) groups is 1. The smallest absolute Gasteiger partial charge is 0.246 e. The largest absolute Gasteiger partial charge is 0.394 e. The van der Waals surface area contributed by atoms with Crippen LogP contribution in [0, 0.1) is 5.92 Å². The lowest BCUT2D eigenvalue weighted by atomic mass is 9.86. The molecule has 3 atom stereocenters. The molecule has 0 unspecified atom stereocenters. The molecule has 3 heteroatoms. The molecule has 16 heavy (non-hydrogen) atoms. The minimum absolute atomic E-state index is 0.0254. The summed E-state index contributed by atoms with van der Waals surface area (Å²) in [6.07, 6.45) is 5.78. The molecule has 0 aromatic rings. The second-order valence-corrected chi connectivity index (χ2v) is 4.54. The van der Waals surface area contributed by atoms with E-state index in [9.17, 15) is 9.90 Å². The number of hydrogen-bond acceptors (Lipinski definition) is 2. The summed E-state index contributed by atoms with van der Waals surface area (Å²) in [5, 5.41) is 9.36. The topological polar surface area (TPSA) is 40.5 Å². The highest BCUT2D eigenvalue weighted by Gasteiger charge is 2.34. The molecule has 0 bridgehead atoms. The van der Waals surface area contributed by atoms with Crippen molar-refractivity contribution < 1.29 is 9.90 Å². The molecule has 0 spiro atoms. The van der Waals surface area contributed by atoms with Crippen LogP contribution in [-0.4, -0.2) is 34.6 Å². The lowest BCUT2D eigenvalue weighted by Crippen LogP contribution is -2.52. The summed E-state index contributed by atoms with van der Waals surface area (Å²) in [6.45, 7) is 9.43. The van der Waals surface area contributed by atoms with Gasteiger partial charge >= 0.3 is 0 Å². The molecule has 0 saturated carbocycles. The average Bonchev–Trinajstić information content (AvgIpc) is 2.27. The number of carbonyl (C=O) groups excluding carboxylic acids is 1. The van der Waals surface area contributed by atoms with E-state index < -0.39 is 0 Å². The molecule has 0 aromatic heterocycles. The fourth-order valence-corrected chi connectivity index (χ4v) is 2.58. The molecule has 1 rings (SSSR count). The summed E-state index contributed by atoms with van der Waals surface area (Å²) >= 11 is 0. The number of likely N-dealkylation sites (tertiary alicyclic amines) is 1. The molecule has 1 fully saturated rings. The molecular formula is C13H21NO2. The molecule has 1 heterocycles. The summed E-state index contributed by atoms with van der Waals surface area (Å²) in [4.78, 5) is 13.6. The highest BCUT2D eigenvalue weighted by atomic mass is 16.3. The summed E-state index contributed by atoms with van der Waals surface area (Å²) < 4.78 is 0. The van der Waals surface area contributed by atoms with E-state index in [1.165, 1.54) is 6.08 Å². The van der Waals surface area contributed by atoms with Crippen LogP contribution in [0.25, 0.3) is 0 Å². The van der Waals surface area contributed by atoms with Crippen LogP contribution < -0.4 is 0 Å². The van der Waals surface area contributed by atoms with Gasteiger partial charge < -0.3 is 10.0 Å². The number of aliphatic hydroxyl groups excluding tert-OH is 1. The van der Waals surface area contributed by atoms with E-state index in [1.807, 2.05) is 6.08 Å². The van der Waals surface area contributed by atoms with Gasteiger partial charge in [0.25, 0.3) is 0 Å². The zero-order valence-corrected chi connectivity index (χ0v) is 9.93. The van der Waals surface area contributed by atoms with E-state index in [-0.39, 0.29) is 24.6 Å². The molecular weight excluding hydrogens is 202 g/mol. The van der Waals surface area contributed by atoms with Gasteiger partial charge in [-0.1, -0.05) is 19.6 Å². The number of rotatable bonds is 4. The van der Waals surface area contributed by atoms with Crippen LogP contribution in [0.5, 0.6) is 0 Å². The molecule has 1 aliphatic rings. The fourth-order valence-electron chi connectivity index (χ4n) is 2.58. The van der Waals surface area contributed by atoms with Crippen molar-refractivity contribution in [2.45, 2.75) is 38.3 Å². The van der Waals surface area contributed by atoms with E-state index in [0.29, 0.717) is 5.92 Å². The molecule has 1 aliphatic heterocycles. The normalized spacial score (nSPS) is 29.9. The quantitative estimate of drug-likeness (QED) is 0.582. The minimum atomic E-state index is -0.0854. The number of hydrogen-bond donors (Lipinski definition) is 1. The number of nitrogens with zero attached hydrogens (tertiary/aromatic N) is 1.